The summed E-state index contributed by atoms with van der Waals surface area (Å²) in [5.41, 5.74) is 1.17. The van der Waals surface area contributed by atoms with Gasteiger partial charge in [0.1, 0.15) is 16.4 Å². The van der Waals surface area contributed by atoms with E-state index in [9.17, 15) is 8.42 Å². The van der Waals surface area contributed by atoms with Crippen LogP contribution in [0, 0.1) is 0 Å². The molecule has 0 unspecified atom stereocenters. The number of hydrogen-bond acceptors (Lipinski definition) is 7. The van der Waals surface area contributed by atoms with Crippen molar-refractivity contribution in [1.29, 1.82) is 0 Å². The molecule has 1 aromatic heterocycles. The summed E-state index contributed by atoms with van der Waals surface area (Å²) < 4.78 is 44.3. The highest BCUT2D eigenvalue weighted by Crippen LogP contribution is 2.38. The smallest absolute Gasteiger partial charge is 0.265 e. The van der Waals surface area contributed by atoms with Crippen LogP contribution in [0.3, 0.4) is 0 Å². The van der Waals surface area contributed by atoms with Gasteiger partial charge in [0.15, 0.2) is 5.82 Å². The van der Waals surface area contributed by atoms with Crippen LogP contribution in [0.2, 0.25) is 0 Å². The van der Waals surface area contributed by atoms with Gasteiger partial charge in [-0.1, -0.05) is 23.4 Å². The zero-order chi connectivity index (χ0) is 20.4. The number of sulfonamides is 1. The molecule has 0 spiro atoms. The topological polar surface area (TPSA) is 104 Å². The Morgan fingerprint density at radius 1 is 1.14 bits per heavy atom. The SMILES string of the molecule is COc1ccc(S(=O)(=O)Nc2ccccc2Cc2nc(C3CC3)no2)c(OC)c1. The summed E-state index contributed by atoms with van der Waals surface area (Å²) >= 11 is 0. The summed E-state index contributed by atoms with van der Waals surface area (Å²) in [5, 5.41) is 4.01. The van der Waals surface area contributed by atoms with E-state index in [2.05, 4.69) is 14.9 Å². The standard InChI is InChI=1S/C20H21N3O5S/c1-26-15-9-10-18(17(12-15)27-2)29(24,25)23-16-6-4-3-5-14(16)11-19-21-20(22-28-19)13-7-8-13/h3-6,9-10,12-13,23H,7-8,11H2,1-2H3. The van der Waals surface area contributed by atoms with Crippen molar-refractivity contribution in [2.45, 2.75) is 30.1 Å². The van der Waals surface area contributed by atoms with Gasteiger partial charge in [-0.2, -0.15) is 4.98 Å². The molecule has 29 heavy (non-hydrogen) atoms. The molecule has 1 aliphatic carbocycles. The molecule has 8 nitrogen and oxygen atoms in total. The van der Waals surface area contributed by atoms with Gasteiger partial charge in [-0.25, -0.2) is 8.42 Å². The predicted octanol–water partition coefficient (Wildman–Crippen LogP) is 3.36. The third-order valence-corrected chi connectivity index (χ3v) is 6.09. The summed E-state index contributed by atoms with van der Waals surface area (Å²) in [6.07, 6.45) is 2.50. The second kappa shape index (κ2) is 7.75. The first-order chi connectivity index (χ1) is 14.0. The van der Waals surface area contributed by atoms with Crippen molar-refractivity contribution >= 4 is 15.7 Å². The molecule has 152 valence electrons. The van der Waals surface area contributed by atoms with Gasteiger partial charge < -0.3 is 14.0 Å². The molecule has 1 saturated carbocycles. The maximum Gasteiger partial charge on any atom is 0.265 e. The van der Waals surface area contributed by atoms with Crippen LogP contribution in [0.1, 0.15) is 36.0 Å². The number of aromatic nitrogens is 2. The third-order valence-electron chi connectivity index (χ3n) is 4.69. The summed E-state index contributed by atoms with van der Waals surface area (Å²) in [7, 11) is -0.976. The van der Waals surface area contributed by atoms with E-state index in [1.165, 1.54) is 26.4 Å². The van der Waals surface area contributed by atoms with Crippen molar-refractivity contribution in [2.75, 3.05) is 18.9 Å². The lowest BCUT2D eigenvalue weighted by Gasteiger charge is -2.14. The zero-order valence-electron chi connectivity index (χ0n) is 16.1. The van der Waals surface area contributed by atoms with Crippen LogP contribution in [0.25, 0.3) is 0 Å². The Morgan fingerprint density at radius 2 is 1.93 bits per heavy atom. The molecule has 2 aromatic carbocycles. The summed E-state index contributed by atoms with van der Waals surface area (Å²) in [6.45, 7) is 0. The van der Waals surface area contributed by atoms with Gasteiger partial charge in [0.05, 0.1) is 26.3 Å². The number of nitrogens with zero attached hydrogens (tertiary/aromatic N) is 2. The number of para-hydroxylation sites is 1. The van der Waals surface area contributed by atoms with E-state index in [0.717, 1.165) is 24.2 Å². The lowest BCUT2D eigenvalue weighted by atomic mass is 10.1. The average Bonchev–Trinajstić information content (AvgIpc) is 3.47. The average molecular weight is 415 g/mol. The van der Waals surface area contributed by atoms with Gasteiger partial charge in [0.2, 0.25) is 5.89 Å². The van der Waals surface area contributed by atoms with Crippen molar-refractivity contribution < 1.29 is 22.4 Å². The van der Waals surface area contributed by atoms with Crippen LogP contribution >= 0.6 is 0 Å². The molecule has 0 saturated heterocycles. The maximum absolute atomic E-state index is 13.0. The number of nitrogens with one attached hydrogen (secondary N) is 1. The van der Waals surface area contributed by atoms with Gasteiger partial charge >= 0.3 is 0 Å². The minimum Gasteiger partial charge on any atom is -0.497 e. The molecule has 0 radical (unpaired) electrons. The number of anilines is 1. The fraction of sp³-hybridized carbons (Fsp3) is 0.300. The fourth-order valence-corrected chi connectivity index (χ4v) is 4.23. The van der Waals surface area contributed by atoms with Crippen LogP contribution in [-0.4, -0.2) is 32.8 Å². The van der Waals surface area contributed by atoms with Gasteiger partial charge in [0, 0.05) is 12.0 Å². The molecule has 9 heteroatoms. The second-order valence-electron chi connectivity index (χ2n) is 6.78. The first-order valence-electron chi connectivity index (χ1n) is 9.15. The summed E-state index contributed by atoms with van der Waals surface area (Å²) in [4.78, 5) is 4.44. The number of benzene rings is 2. The molecule has 1 aliphatic rings. The Labute approximate surface area is 168 Å². The number of hydrogen-bond donors (Lipinski definition) is 1. The Balaban J connectivity index is 1.60. The van der Waals surface area contributed by atoms with E-state index >= 15 is 0 Å². The molecule has 4 rings (SSSR count). The van der Waals surface area contributed by atoms with E-state index in [1.807, 2.05) is 12.1 Å². The van der Waals surface area contributed by atoms with Crippen molar-refractivity contribution in [3.63, 3.8) is 0 Å². The van der Waals surface area contributed by atoms with Crippen LogP contribution in [-0.2, 0) is 16.4 Å². The molecular weight excluding hydrogens is 394 g/mol. The van der Waals surface area contributed by atoms with E-state index in [1.54, 1.807) is 18.2 Å². The van der Waals surface area contributed by atoms with Crippen LogP contribution in [0.5, 0.6) is 11.5 Å². The minimum absolute atomic E-state index is 0.0180. The van der Waals surface area contributed by atoms with E-state index in [0.29, 0.717) is 29.7 Å². The largest absolute Gasteiger partial charge is 0.497 e. The van der Waals surface area contributed by atoms with Crippen LogP contribution in [0.15, 0.2) is 51.9 Å². The number of ether oxygens (including phenoxy) is 2. The highest BCUT2D eigenvalue weighted by Gasteiger charge is 2.29. The van der Waals surface area contributed by atoms with Gasteiger partial charge in [0.25, 0.3) is 10.0 Å². The Bertz CT molecular complexity index is 1120. The predicted molar refractivity (Wildman–Crippen MR) is 106 cm³/mol. The molecule has 0 bridgehead atoms. The fourth-order valence-electron chi connectivity index (χ4n) is 2.98. The Morgan fingerprint density at radius 3 is 2.66 bits per heavy atom. The molecule has 0 aliphatic heterocycles. The lowest BCUT2D eigenvalue weighted by molar-refractivity contribution is 0.379. The monoisotopic (exact) mass is 415 g/mol. The van der Waals surface area contributed by atoms with Crippen molar-refractivity contribution in [3.8, 4) is 11.5 Å². The minimum atomic E-state index is -3.89. The van der Waals surface area contributed by atoms with Gasteiger partial charge in [-0.05, 0) is 36.6 Å². The molecular formula is C20H21N3O5S. The molecule has 0 atom stereocenters. The summed E-state index contributed by atoms with van der Waals surface area (Å²) in [5.74, 6) is 2.27. The molecule has 1 N–H and O–H groups in total. The Kier molecular flexibility index (Phi) is 5.14. The van der Waals surface area contributed by atoms with Crippen LogP contribution in [0.4, 0.5) is 5.69 Å². The molecule has 1 fully saturated rings. The van der Waals surface area contributed by atoms with Crippen molar-refractivity contribution in [1.82, 2.24) is 10.1 Å². The lowest BCUT2D eigenvalue weighted by Crippen LogP contribution is -2.15. The summed E-state index contributed by atoms with van der Waals surface area (Å²) in [6, 6.07) is 11.7. The molecule has 1 heterocycles. The highest BCUT2D eigenvalue weighted by atomic mass is 32.2. The molecule has 0 amide bonds. The van der Waals surface area contributed by atoms with Gasteiger partial charge in [-0.3, -0.25) is 4.72 Å². The Hall–Kier alpha value is -3.07. The normalized spacial score (nSPS) is 13.9. The first-order valence-corrected chi connectivity index (χ1v) is 10.6. The number of methoxy groups -OCH3 is 2. The second-order valence-corrected chi connectivity index (χ2v) is 8.43. The molecule has 3 aromatic rings. The van der Waals surface area contributed by atoms with E-state index in [4.69, 9.17) is 14.0 Å². The first kappa shape index (κ1) is 19.3. The van der Waals surface area contributed by atoms with Gasteiger partial charge in [-0.15, -0.1) is 0 Å². The highest BCUT2D eigenvalue weighted by molar-refractivity contribution is 7.92. The van der Waals surface area contributed by atoms with Crippen LogP contribution < -0.4 is 14.2 Å². The number of rotatable bonds is 8. The zero-order valence-corrected chi connectivity index (χ0v) is 16.9. The van der Waals surface area contributed by atoms with Crippen molar-refractivity contribution in [3.05, 3.63) is 59.7 Å². The maximum atomic E-state index is 13.0. The van der Waals surface area contributed by atoms with Crippen molar-refractivity contribution in [2.24, 2.45) is 0 Å². The van der Waals surface area contributed by atoms with E-state index < -0.39 is 10.0 Å². The quantitative estimate of drug-likeness (QED) is 0.602. The van der Waals surface area contributed by atoms with E-state index in [-0.39, 0.29) is 10.6 Å². The third kappa shape index (κ3) is 4.19.